The molecule has 0 N–H and O–H groups in total. The van der Waals surface area contributed by atoms with E-state index in [9.17, 15) is 4.79 Å². The number of aromatic nitrogens is 3. The molecule has 0 aliphatic carbocycles. The van der Waals surface area contributed by atoms with Gasteiger partial charge in [-0.05, 0) is 51.0 Å². The summed E-state index contributed by atoms with van der Waals surface area (Å²) in [6.07, 6.45) is 9.87. The summed E-state index contributed by atoms with van der Waals surface area (Å²) in [5, 5.41) is 2.30. The van der Waals surface area contributed by atoms with Crippen molar-refractivity contribution in [3.8, 4) is 11.1 Å². The van der Waals surface area contributed by atoms with Crippen molar-refractivity contribution in [3.63, 3.8) is 0 Å². The van der Waals surface area contributed by atoms with Gasteiger partial charge >= 0.3 is 0 Å². The van der Waals surface area contributed by atoms with Crippen LogP contribution < -0.4 is 0 Å². The summed E-state index contributed by atoms with van der Waals surface area (Å²) in [6, 6.07) is 24.8. The summed E-state index contributed by atoms with van der Waals surface area (Å²) in [4.78, 5) is 22.6. The van der Waals surface area contributed by atoms with E-state index in [1.54, 1.807) is 0 Å². The van der Waals surface area contributed by atoms with Gasteiger partial charge in [0.1, 0.15) is 0 Å². The van der Waals surface area contributed by atoms with Crippen LogP contribution in [-0.2, 0) is 6.54 Å². The monoisotopic (exact) mass is 579 g/mol. The first-order valence-corrected chi connectivity index (χ1v) is 14.0. The van der Waals surface area contributed by atoms with E-state index < -0.39 is 0 Å². The zero-order chi connectivity index (χ0) is 26.8. The lowest BCUT2D eigenvalue weighted by molar-refractivity contribution is 0.0665. The number of carbonyl (C=O) groups is 1. The van der Waals surface area contributed by atoms with Crippen LogP contribution in [0, 0.1) is 0 Å². The van der Waals surface area contributed by atoms with Gasteiger partial charge in [0, 0.05) is 44.1 Å². The maximum absolute atomic E-state index is 13.9. The highest BCUT2D eigenvalue weighted by Gasteiger charge is 2.25. The first kappa shape index (κ1) is 25.3. The van der Waals surface area contributed by atoms with Gasteiger partial charge in [-0.2, -0.15) is 0 Å². The highest BCUT2D eigenvalue weighted by Crippen LogP contribution is 2.33. The van der Waals surface area contributed by atoms with E-state index in [4.69, 9.17) is 0 Å². The molecule has 6 rings (SSSR count). The molecule has 0 radical (unpaired) electrons. The first-order valence-electron chi connectivity index (χ1n) is 13.2. The molecule has 3 heterocycles. The van der Waals surface area contributed by atoms with Crippen molar-refractivity contribution in [3.05, 3.63) is 115 Å². The van der Waals surface area contributed by atoms with E-state index in [2.05, 4.69) is 104 Å². The molecule has 1 aliphatic heterocycles. The molecule has 1 saturated heterocycles. The Morgan fingerprint density at radius 1 is 0.897 bits per heavy atom. The van der Waals surface area contributed by atoms with Gasteiger partial charge in [-0.3, -0.25) is 9.36 Å². The minimum Gasteiger partial charge on any atom is -0.347 e. The Bertz CT molecular complexity index is 1640. The van der Waals surface area contributed by atoms with Gasteiger partial charge in [0.25, 0.3) is 5.91 Å². The van der Waals surface area contributed by atoms with Crippen molar-refractivity contribution in [1.29, 1.82) is 0 Å². The van der Waals surface area contributed by atoms with E-state index >= 15 is 0 Å². The average Bonchev–Trinajstić information content (AvgIpc) is 3.61. The lowest BCUT2D eigenvalue weighted by Crippen LogP contribution is -2.47. The molecular weight excluding hydrogens is 550 g/mol. The summed E-state index contributed by atoms with van der Waals surface area (Å²) in [6.45, 7) is 3.82. The third-order valence-electron chi connectivity index (χ3n) is 7.36. The van der Waals surface area contributed by atoms with Gasteiger partial charge in [-0.25, -0.2) is 4.98 Å². The minimum atomic E-state index is 0.0865. The summed E-state index contributed by atoms with van der Waals surface area (Å²) >= 11 is 3.74. The van der Waals surface area contributed by atoms with Crippen LogP contribution in [0.15, 0.2) is 97.7 Å². The minimum absolute atomic E-state index is 0.0865. The fourth-order valence-corrected chi connectivity index (χ4v) is 5.78. The number of carbonyl (C=O) groups excluding carboxylic acids is 1. The number of fused-ring (bicyclic) bond motifs is 1. The molecule has 7 heteroatoms. The van der Waals surface area contributed by atoms with E-state index in [-0.39, 0.29) is 5.91 Å². The number of benzene rings is 3. The van der Waals surface area contributed by atoms with E-state index in [0.29, 0.717) is 6.54 Å². The second kappa shape index (κ2) is 11.0. The summed E-state index contributed by atoms with van der Waals surface area (Å²) < 4.78 is 5.04. The van der Waals surface area contributed by atoms with Gasteiger partial charge in [0.05, 0.1) is 34.9 Å². The highest BCUT2D eigenvalue weighted by atomic mass is 79.9. The Kier molecular flexibility index (Phi) is 7.18. The van der Waals surface area contributed by atoms with Crippen LogP contribution >= 0.6 is 15.9 Å². The number of likely N-dealkylation sites (N-methyl/N-ethyl adjacent to an activating group) is 1. The van der Waals surface area contributed by atoms with Crippen molar-refractivity contribution in [2.75, 3.05) is 33.2 Å². The van der Waals surface area contributed by atoms with Crippen LogP contribution in [0.3, 0.4) is 0 Å². The number of piperazine rings is 1. The maximum atomic E-state index is 13.9. The second-order valence-corrected chi connectivity index (χ2v) is 10.8. The highest BCUT2D eigenvalue weighted by molar-refractivity contribution is 9.15. The number of imidazole rings is 1. The molecular formula is C32H30BrN5O. The predicted octanol–water partition coefficient (Wildman–Crippen LogP) is 6.29. The van der Waals surface area contributed by atoms with E-state index in [1.807, 2.05) is 46.4 Å². The molecule has 0 bridgehead atoms. The van der Waals surface area contributed by atoms with Crippen LogP contribution in [0.2, 0.25) is 0 Å². The third kappa shape index (κ3) is 5.33. The van der Waals surface area contributed by atoms with E-state index in [0.717, 1.165) is 69.5 Å². The average molecular weight is 581 g/mol. The van der Waals surface area contributed by atoms with Gasteiger partial charge in [-0.1, -0.05) is 72.8 Å². The molecule has 39 heavy (non-hydrogen) atoms. The standard InChI is InChI=1S/C32H30BrN5O/c1-35-14-16-37(17-15-35)32(39)30-22-36(21-29(30)28-13-7-11-25-10-5-6-12-27(25)28)20-26-19-34-23-38(26)31(33)18-24-8-3-2-4-9-24/h2-13,18-19,21-23H,14-17,20H2,1H3. The van der Waals surface area contributed by atoms with E-state index in [1.165, 1.54) is 0 Å². The Labute approximate surface area is 236 Å². The maximum Gasteiger partial charge on any atom is 0.256 e. The Morgan fingerprint density at radius 2 is 1.64 bits per heavy atom. The van der Waals surface area contributed by atoms with Crippen molar-refractivity contribution in [1.82, 2.24) is 23.9 Å². The number of halogens is 1. The van der Waals surface area contributed by atoms with Crippen molar-refractivity contribution in [2.45, 2.75) is 6.54 Å². The zero-order valence-corrected chi connectivity index (χ0v) is 23.5. The molecule has 0 saturated carbocycles. The smallest absolute Gasteiger partial charge is 0.256 e. The van der Waals surface area contributed by atoms with Crippen molar-refractivity contribution >= 4 is 43.3 Å². The molecule has 1 aliphatic rings. The van der Waals surface area contributed by atoms with Crippen LogP contribution in [-0.4, -0.2) is 63.1 Å². The third-order valence-corrected chi connectivity index (χ3v) is 7.97. The number of nitrogens with zero attached hydrogens (tertiary/aromatic N) is 5. The number of amides is 1. The summed E-state index contributed by atoms with van der Waals surface area (Å²) in [7, 11) is 2.10. The molecule has 3 aromatic carbocycles. The number of rotatable bonds is 6. The molecule has 0 atom stereocenters. The molecule has 0 spiro atoms. The zero-order valence-electron chi connectivity index (χ0n) is 21.9. The normalized spacial score (nSPS) is 14.7. The summed E-state index contributed by atoms with van der Waals surface area (Å²) in [5.74, 6) is 0.0865. The quantitative estimate of drug-likeness (QED) is 0.237. The SMILES string of the molecule is CN1CCN(C(=O)c2cn(Cc3cncn3C(Br)=Cc3ccccc3)cc2-c2cccc3ccccc23)CC1. The van der Waals surface area contributed by atoms with Gasteiger partial charge in [0.15, 0.2) is 0 Å². The molecule has 1 fully saturated rings. The summed E-state index contributed by atoms with van der Waals surface area (Å²) in [5.41, 5.74) is 4.87. The fraction of sp³-hybridized carbons (Fsp3) is 0.188. The van der Waals surface area contributed by atoms with Gasteiger partial charge in [-0.15, -0.1) is 0 Å². The Balaban J connectivity index is 1.39. The topological polar surface area (TPSA) is 46.3 Å². The van der Waals surface area contributed by atoms with Crippen molar-refractivity contribution < 1.29 is 4.79 Å². The molecule has 1 amide bonds. The van der Waals surface area contributed by atoms with Crippen molar-refractivity contribution in [2.24, 2.45) is 0 Å². The second-order valence-electron chi connectivity index (χ2n) is 10.0. The predicted molar refractivity (Wildman–Crippen MR) is 162 cm³/mol. The lowest BCUT2D eigenvalue weighted by Gasteiger charge is -2.32. The molecule has 196 valence electrons. The Hall–Kier alpha value is -3.94. The van der Waals surface area contributed by atoms with Crippen LogP contribution in [0.4, 0.5) is 0 Å². The van der Waals surface area contributed by atoms with Crippen LogP contribution in [0.5, 0.6) is 0 Å². The first-order chi connectivity index (χ1) is 19.1. The van der Waals surface area contributed by atoms with Gasteiger partial charge < -0.3 is 14.4 Å². The molecule has 6 nitrogen and oxygen atoms in total. The Morgan fingerprint density at radius 3 is 2.46 bits per heavy atom. The number of hydrogen-bond donors (Lipinski definition) is 0. The lowest BCUT2D eigenvalue weighted by atomic mass is 9.97. The molecule has 0 unspecified atom stereocenters. The number of hydrogen-bond acceptors (Lipinski definition) is 3. The molecule has 5 aromatic rings. The fourth-order valence-electron chi connectivity index (χ4n) is 5.20. The molecule has 2 aromatic heterocycles. The van der Waals surface area contributed by atoms with Crippen LogP contribution in [0.25, 0.3) is 32.6 Å². The largest absolute Gasteiger partial charge is 0.347 e. The van der Waals surface area contributed by atoms with Gasteiger partial charge in [0.2, 0.25) is 0 Å². The van der Waals surface area contributed by atoms with Crippen LogP contribution in [0.1, 0.15) is 21.6 Å².